The molecule has 8 aliphatic carbocycles. The fraction of sp³-hybridized carbons (Fsp3) is 0.741. The van der Waals surface area contributed by atoms with Gasteiger partial charge in [-0.05, 0) is 118 Å². The Bertz CT molecular complexity index is 792. The first-order valence-electron chi connectivity index (χ1n) is 12.4. The molecule has 0 radical (unpaired) electrons. The van der Waals surface area contributed by atoms with Crippen LogP contribution < -0.4 is 5.32 Å². The van der Waals surface area contributed by atoms with Crippen molar-refractivity contribution in [3.63, 3.8) is 0 Å². The summed E-state index contributed by atoms with van der Waals surface area (Å²) < 4.78 is 0. The molecular weight excluding hydrogens is 354 g/mol. The Hall–Kier alpha value is -1.31. The van der Waals surface area contributed by atoms with Gasteiger partial charge in [-0.3, -0.25) is 4.79 Å². The molecule has 8 saturated carbocycles. The van der Waals surface area contributed by atoms with Crippen LogP contribution in [0.5, 0.6) is 0 Å². The normalized spacial score (nSPS) is 51.4. The summed E-state index contributed by atoms with van der Waals surface area (Å²) in [5, 5.41) is 3.81. The summed E-state index contributed by atoms with van der Waals surface area (Å²) in [7, 11) is 0. The van der Waals surface area contributed by atoms with Crippen LogP contribution in [0, 0.1) is 35.0 Å². The Morgan fingerprint density at radius 2 is 1.28 bits per heavy atom. The number of carbonyl (C=O) groups excluding carboxylic acids is 1. The molecule has 29 heavy (non-hydrogen) atoms. The topological polar surface area (TPSA) is 29.1 Å². The molecular formula is C27H35NO. The van der Waals surface area contributed by atoms with Crippen LogP contribution in [0.2, 0.25) is 0 Å². The van der Waals surface area contributed by atoms with Crippen LogP contribution >= 0.6 is 0 Å². The second kappa shape index (κ2) is 5.68. The molecule has 1 aromatic rings. The average Bonchev–Trinajstić information content (AvgIpc) is 2.66. The SMILES string of the molecule is O=C(NC12CC3CC(CC(C3)C1)C2)C12C[C@H]3C[C@@H](C1)CC(c1ccccc1)(C3)C2. The number of hydrogen-bond acceptors (Lipinski definition) is 1. The monoisotopic (exact) mass is 389 g/mol. The van der Waals surface area contributed by atoms with Gasteiger partial charge < -0.3 is 5.32 Å². The van der Waals surface area contributed by atoms with Crippen molar-refractivity contribution < 1.29 is 4.79 Å². The van der Waals surface area contributed by atoms with Crippen molar-refractivity contribution in [2.75, 3.05) is 0 Å². The van der Waals surface area contributed by atoms with Crippen molar-refractivity contribution in [2.45, 2.75) is 88.0 Å². The lowest BCUT2D eigenvalue weighted by Gasteiger charge is -2.63. The highest BCUT2D eigenvalue weighted by atomic mass is 16.2. The van der Waals surface area contributed by atoms with E-state index in [4.69, 9.17) is 0 Å². The highest BCUT2D eigenvalue weighted by molar-refractivity contribution is 5.84. The molecule has 154 valence electrons. The number of hydrogen-bond donors (Lipinski definition) is 1. The van der Waals surface area contributed by atoms with Crippen molar-refractivity contribution in [3.8, 4) is 0 Å². The van der Waals surface area contributed by atoms with E-state index < -0.39 is 0 Å². The third-order valence-corrected chi connectivity index (χ3v) is 10.3. The van der Waals surface area contributed by atoms with E-state index in [0.29, 0.717) is 5.91 Å². The van der Waals surface area contributed by atoms with E-state index in [0.717, 1.165) is 48.9 Å². The zero-order valence-corrected chi connectivity index (χ0v) is 17.7. The lowest BCUT2D eigenvalue weighted by molar-refractivity contribution is -0.154. The third-order valence-electron chi connectivity index (χ3n) is 10.3. The van der Waals surface area contributed by atoms with Crippen LogP contribution in [0.15, 0.2) is 30.3 Å². The molecule has 1 amide bonds. The molecule has 8 bridgehead atoms. The van der Waals surface area contributed by atoms with E-state index in [-0.39, 0.29) is 16.4 Å². The maximum absolute atomic E-state index is 14.0. The predicted octanol–water partition coefficient (Wildman–Crippen LogP) is 5.61. The smallest absolute Gasteiger partial charge is 0.226 e. The summed E-state index contributed by atoms with van der Waals surface area (Å²) >= 11 is 0. The Morgan fingerprint density at radius 1 is 0.724 bits per heavy atom. The third kappa shape index (κ3) is 2.50. The van der Waals surface area contributed by atoms with E-state index in [1.165, 1.54) is 63.4 Å². The first-order valence-corrected chi connectivity index (χ1v) is 12.4. The number of nitrogens with one attached hydrogen (secondary N) is 1. The van der Waals surface area contributed by atoms with E-state index in [1.807, 2.05) is 0 Å². The van der Waals surface area contributed by atoms with Crippen LogP contribution in [0.1, 0.15) is 82.6 Å². The predicted molar refractivity (Wildman–Crippen MR) is 114 cm³/mol. The second-order valence-electron chi connectivity index (χ2n) is 12.5. The molecule has 0 saturated heterocycles. The summed E-state index contributed by atoms with van der Waals surface area (Å²) in [6.07, 6.45) is 15.6. The Balaban J connectivity index is 1.20. The summed E-state index contributed by atoms with van der Waals surface area (Å²) in [4.78, 5) is 14.0. The minimum Gasteiger partial charge on any atom is -0.350 e. The Kier molecular flexibility index (Phi) is 3.40. The fourth-order valence-corrected chi connectivity index (χ4v) is 10.3. The second-order valence-corrected chi connectivity index (χ2v) is 12.5. The van der Waals surface area contributed by atoms with Crippen molar-refractivity contribution in [1.82, 2.24) is 5.32 Å². The fourth-order valence-electron chi connectivity index (χ4n) is 10.3. The van der Waals surface area contributed by atoms with Gasteiger partial charge >= 0.3 is 0 Å². The maximum Gasteiger partial charge on any atom is 0.226 e. The van der Waals surface area contributed by atoms with Crippen LogP contribution in [0.3, 0.4) is 0 Å². The highest BCUT2D eigenvalue weighted by Gasteiger charge is 2.62. The molecule has 8 fully saturated rings. The van der Waals surface area contributed by atoms with Gasteiger partial charge in [0.15, 0.2) is 0 Å². The summed E-state index contributed by atoms with van der Waals surface area (Å²) in [6, 6.07) is 11.2. The van der Waals surface area contributed by atoms with Gasteiger partial charge in [-0.2, -0.15) is 0 Å². The standard InChI is InChI=1S/C27H35NO/c29-24(28-27-14-18-6-19(15-27)8-20(7-18)16-27)26-12-21-9-22(13-26)11-25(10-21,17-26)23-4-2-1-3-5-23/h1-5,18-22H,6-17H2,(H,28,29)/t18?,19?,20?,21-,22+,25?,26?,27?. The highest BCUT2D eigenvalue weighted by Crippen LogP contribution is 2.66. The largest absolute Gasteiger partial charge is 0.350 e. The number of rotatable bonds is 3. The van der Waals surface area contributed by atoms with Crippen LogP contribution in [0.4, 0.5) is 0 Å². The summed E-state index contributed by atoms with van der Waals surface area (Å²) in [6.45, 7) is 0. The molecule has 2 unspecified atom stereocenters. The first-order chi connectivity index (χ1) is 14.0. The van der Waals surface area contributed by atoms with E-state index in [9.17, 15) is 4.79 Å². The van der Waals surface area contributed by atoms with E-state index >= 15 is 0 Å². The molecule has 0 aromatic heterocycles. The molecule has 8 aliphatic rings. The van der Waals surface area contributed by atoms with Crippen LogP contribution in [-0.4, -0.2) is 11.4 Å². The van der Waals surface area contributed by atoms with Gasteiger partial charge in [0.05, 0.1) is 5.41 Å². The summed E-state index contributed by atoms with van der Waals surface area (Å²) in [5.74, 6) is 4.68. The molecule has 0 aliphatic heterocycles. The van der Waals surface area contributed by atoms with Gasteiger partial charge in [-0.15, -0.1) is 0 Å². The quantitative estimate of drug-likeness (QED) is 0.715. The number of carbonyl (C=O) groups is 1. The molecule has 1 aromatic carbocycles. The van der Waals surface area contributed by atoms with Gasteiger partial charge in [0.2, 0.25) is 5.91 Å². The van der Waals surface area contributed by atoms with Crippen molar-refractivity contribution in [2.24, 2.45) is 35.0 Å². The maximum atomic E-state index is 14.0. The molecule has 2 heteroatoms. The molecule has 9 rings (SSSR count). The molecule has 1 N–H and O–H groups in total. The zero-order chi connectivity index (χ0) is 19.3. The Labute approximate surface area is 175 Å². The van der Waals surface area contributed by atoms with Gasteiger partial charge in [-0.1, -0.05) is 30.3 Å². The minimum absolute atomic E-state index is 0.0801. The van der Waals surface area contributed by atoms with Gasteiger partial charge in [0, 0.05) is 5.54 Å². The van der Waals surface area contributed by atoms with E-state index in [1.54, 1.807) is 0 Å². The van der Waals surface area contributed by atoms with Crippen LogP contribution in [-0.2, 0) is 10.2 Å². The van der Waals surface area contributed by atoms with Crippen molar-refractivity contribution in [1.29, 1.82) is 0 Å². The lowest BCUT2D eigenvalue weighted by atomic mass is 9.42. The Morgan fingerprint density at radius 3 is 1.86 bits per heavy atom. The molecule has 0 heterocycles. The van der Waals surface area contributed by atoms with Crippen LogP contribution in [0.25, 0.3) is 0 Å². The van der Waals surface area contributed by atoms with Gasteiger partial charge in [0.25, 0.3) is 0 Å². The van der Waals surface area contributed by atoms with Gasteiger partial charge in [-0.25, -0.2) is 0 Å². The first kappa shape index (κ1) is 17.4. The molecule has 4 atom stereocenters. The molecule has 0 spiro atoms. The van der Waals surface area contributed by atoms with Crippen molar-refractivity contribution >= 4 is 5.91 Å². The number of benzene rings is 1. The van der Waals surface area contributed by atoms with Gasteiger partial charge in [0.1, 0.15) is 0 Å². The minimum atomic E-state index is -0.0801. The lowest BCUT2D eigenvalue weighted by Crippen LogP contribution is -2.65. The van der Waals surface area contributed by atoms with E-state index in [2.05, 4.69) is 35.6 Å². The zero-order valence-electron chi connectivity index (χ0n) is 17.7. The van der Waals surface area contributed by atoms with Crippen molar-refractivity contribution in [3.05, 3.63) is 35.9 Å². The summed E-state index contributed by atoms with van der Waals surface area (Å²) in [5.41, 5.74) is 1.86. The molecule has 2 nitrogen and oxygen atoms in total. The average molecular weight is 390 g/mol. The number of amides is 1.